The summed E-state index contributed by atoms with van der Waals surface area (Å²) < 4.78 is 1.68. The van der Waals surface area contributed by atoms with Gasteiger partial charge in [-0.25, -0.2) is 14.5 Å². The average Bonchev–Trinajstić information content (AvgIpc) is 2.90. The Kier molecular flexibility index (Phi) is 4.20. The zero-order valence-electron chi connectivity index (χ0n) is 12.6. The van der Waals surface area contributed by atoms with Crippen molar-refractivity contribution in [1.82, 2.24) is 19.7 Å². The van der Waals surface area contributed by atoms with Crippen LogP contribution in [0.15, 0.2) is 30.6 Å². The molecule has 0 amide bonds. The molecule has 1 aliphatic heterocycles. The summed E-state index contributed by atoms with van der Waals surface area (Å²) in [6.45, 7) is 1.03. The maximum absolute atomic E-state index is 11.5. The minimum Gasteiger partial charge on any atom is -0.478 e. The first kappa shape index (κ1) is 14.7. The van der Waals surface area contributed by atoms with Crippen LogP contribution < -0.4 is 0 Å². The van der Waals surface area contributed by atoms with E-state index in [0.717, 1.165) is 25.2 Å². The molecule has 0 radical (unpaired) electrons. The van der Waals surface area contributed by atoms with Gasteiger partial charge < -0.3 is 5.11 Å². The second-order valence-electron chi connectivity index (χ2n) is 5.70. The van der Waals surface area contributed by atoms with Crippen LogP contribution in [0.1, 0.15) is 47.9 Å². The van der Waals surface area contributed by atoms with Crippen LogP contribution in [0.4, 0.5) is 0 Å². The molecule has 1 N–H and O–H groups in total. The first-order valence-corrected chi connectivity index (χ1v) is 7.61. The topological polar surface area (TPSA) is 71.2 Å². The number of likely N-dealkylation sites (tertiary alicyclic amines) is 1. The first-order chi connectivity index (χ1) is 10.7. The minimum atomic E-state index is -0.953. The van der Waals surface area contributed by atoms with Crippen molar-refractivity contribution in [2.45, 2.75) is 31.7 Å². The van der Waals surface area contributed by atoms with Gasteiger partial charge in [-0.05, 0) is 38.6 Å². The maximum atomic E-state index is 11.5. The van der Waals surface area contributed by atoms with Crippen LogP contribution in [0.25, 0.3) is 5.69 Å². The molecule has 1 saturated heterocycles. The smallest absolute Gasteiger partial charge is 0.337 e. The quantitative estimate of drug-likeness (QED) is 0.943. The Labute approximate surface area is 129 Å². The molecule has 6 nitrogen and oxygen atoms in total. The Morgan fingerprint density at radius 2 is 2.09 bits per heavy atom. The van der Waals surface area contributed by atoms with E-state index < -0.39 is 5.97 Å². The number of carboxylic acids is 1. The molecule has 0 unspecified atom stereocenters. The molecule has 0 bridgehead atoms. The summed E-state index contributed by atoms with van der Waals surface area (Å²) >= 11 is 0. The number of hydrogen-bond donors (Lipinski definition) is 1. The number of nitrogens with zero attached hydrogens (tertiary/aromatic N) is 4. The Morgan fingerprint density at radius 1 is 1.27 bits per heavy atom. The number of para-hydroxylation sites is 1. The van der Waals surface area contributed by atoms with Crippen LogP contribution in [0.2, 0.25) is 0 Å². The van der Waals surface area contributed by atoms with E-state index in [9.17, 15) is 9.90 Å². The van der Waals surface area contributed by atoms with Crippen LogP contribution in [-0.4, -0.2) is 44.3 Å². The van der Waals surface area contributed by atoms with Gasteiger partial charge in [0.1, 0.15) is 12.2 Å². The molecule has 1 atom stereocenters. The van der Waals surface area contributed by atoms with E-state index in [1.165, 1.54) is 19.2 Å². The van der Waals surface area contributed by atoms with Crippen LogP contribution in [-0.2, 0) is 0 Å². The van der Waals surface area contributed by atoms with Crippen molar-refractivity contribution >= 4 is 5.97 Å². The molecule has 0 saturated carbocycles. The fourth-order valence-electron chi connectivity index (χ4n) is 3.08. The molecule has 1 fully saturated rings. The molecular formula is C16H20N4O2. The van der Waals surface area contributed by atoms with Gasteiger partial charge in [-0.15, -0.1) is 0 Å². The Hall–Kier alpha value is -2.21. The summed E-state index contributed by atoms with van der Waals surface area (Å²) in [5.74, 6) is -0.135. The molecule has 1 aromatic carbocycles. The standard InChI is InChI=1S/C16H20N4O2/c1-19-10-6-2-3-9-14(19)15-17-11-18-20(15)13-8-5-4-7-12(13)16(21)22/h4-5,7-8,11,14H,2-3,6,9-10H2,1H3,(H,21,22)/t14-/m0/s1. The van der Waals surface area contributed by atoms with E-state index in [1.807, 2.05) is 6.07 Å². The molecule has 1 aliphatic rings. The Bertz CT molecular complexity index is 668. The number of hydrogen-bond acceptors (Lipinski definition) is 4. The summed E-state index contributed by atoms with van der Waals surface area (Å²) in [5.41, 5.74) is 0.811. The third kappa shape index (κ3) is 2.74. The van der Waals surface area contributed by atoms with E-state index >= 15 is 0 Å². The lowest BCUT2D eigenvalue weighted by Crippen LogP contribution is -2.27. The highest BCUT2D eigenvalue weighted by molar-refractivity contribution is 5.91. The number of benzene rings is 1. The van der Waals surface area contributed by atoms with Gasteiger partial charge in [0.05, 0.1) is 17.3 Å². The summed E-state index contributed by atoms with van der Waals surface area (Å²) in [7, 11) is 2.10. The summed E-state index contributed by atoms with van der Waals surface area (Å²) in [6, 6.07) is 7.09. The SMILES string of the molecule is CN1CCCCC[C@H]1c1ncnn1-c1ccccc1C(=O)O. The van der Waals surface area contributed by atoms with Crippen molar-refractivity contribution in [2.75, 3.05) is 13.6 Å². The lowest BCUT2D eigenvalue weighted by atomic mass is 10.1. The van der Waals surface area contributed by atoms with Gasteiger partial charge in [0.2, 0.25) is 0 Å². The van der Waals surface area contributed by atoms with Crippen molar-refractivity contribution in [1.29, 1.82) is 0 Å². The van der Waals surface area contributed by atoms with Crippen LogP contribution in [0, 0.1) is 0 Å². The van der Waals surface area contributed by atoms with Gasteiger partial charge in [-0.2, -0.15) is 5.10 Å². The second kappa shape index (κ2) is 6.27. The molecule has 2 aromatic rings. The van der Waals surface area contributed by atoms with E-state index in [0.29, 0.717) is 5.69 Å². The van der Waals surface area contributed by atoms with Crippen LogP contribution >= 0.6 is 0 Å². The Morgan fingerprint density at radius 3 is 2.91 bits per heavy atom. The summed E-state index contributed by atoms with van der Waals surface area (Å²) in [6.07, 6.45) is 6.09. The molecule has 1 aromatic heterocycles. The van der Waals surface area contributed by atoms with E-state index in [4.69, 9.17) is 0 Å². The van der Waals surface area contributed by atoms with Gasteiger partial charge >= 0.3 is 5.97 Å². The number of aromatic nitrogens is 3. The number of carboxylic acid groups (broad SMARTS) is 1. The zero-order chi connectivity index (χ0) is 15.5. The van der Waals surface area contributed by atoms with Crippen molar-refractivity contribution in [2.24, 2.45) is 0 Å². The molecule has 2 heterocycles. The fraction of sp³-hybridized carbons (Fsp3) is 0.438. The largest absolute Gasteiger partial charge is 0.478 e. The molecule has 0 spiro atoms. The third-order valence-corrected chi connectivity index (χ3v) is 4.26. The van der Waals surface area contributed by atoms with Crippen LogP contribution in [0.5, 0.6) is 0 Å². The second-order valence-corrected chi connectivity index (χ2v) is 5.70. The number of carbonyl (C=O) groups is 1. The summed E-state index contributed by atoms with van der Waals surface area (Å²) in [5, 5.41) is 13.7. The van der Waals surface area contributed by atoms with Gasteiger partial charge in [0.25, 0.3) is 0 Å². The lowest BCUT2D eigenvalue weighted by molar-refractivity contribution is 0.0696. The highest BCUT2D eigenvalue weighted by Gasteiger charge is 2.25. The van der Waals surface area contributed by atoms with Crippen molar-refractivity contribution < 1.29 is 9.90 Å². The monoisotopic (exact) mass is 300 g/mol. The predicted molar refractivity (Wildman–Crippen MR) is 82.2 cm³/mol. The van der Waals surface area contributed by atoms with Gasteiger partial charge in [0, 0.05) is 0 Å². The molecule has 116 valence electrons. The summed E-state index contributed by atoms with van der Waals surface area (Å²) in [4.78, 5) is 18.2. The number of aromatic carboxylic acids is 1. The average molecular weight is 300 g/mol. The molecule has 3 rings (SSSR count). The maximum Gasteiger partial charge on any atom is 0.337 e. The normalized spacial score (nSPS) is 19.8. The van der Waals surface area contributed by atoms with Crippen molar-refractivity contribution in [3.05, 3.63) is 42.0 Å². The third-order valence-electron chi connectivity index (χ3n) is 4.26. The molecule has 6 heteroatoms. The van der Waals surface area contributed by atoms with Crippen molar-refractivity contribution in [3.63, 3.8) is 0 Å². The highest BCUT2D eigenvalue weighted by atomic mass is 16.4. The van der Waals surface area contributed by atoms with E-state index in [2.05, 4.69) is 22.0 Å². The fourth-order valence-corrected chi connectivity index (χ4v) is 3.08. The first-order valence-electron chi connectivity index (χ1n) is 7.61. The molecule has 0 aliphatic carbocycles. The van der Waals surface area contributed by atoms with Gasteiger partial charge in [0.15, 0.2) is 0 Å². The Balaban J connectivity index is 2.04. The predicted octanol–water partition coefficient (Wildman–Crippen LogP) is 2.51. The van der Waals surface area contributed by atoms with Gasteiger partial charge in [-0.3, -0.25) is 4.90 Å². The van der Waals surface area contributed by atoms with Gasteiger partial charge in [-0.1, -0.05) is 25.0 Å². The lowest BCUT2D eigenvalue weighted by Gasteiger charge is -2.25. The number of rotatable bonds is 3. The zero-order valence-corrected chi connectivity index (χ0v) is 12.6. The highest BCUT2D eigenvalue weighted by Crippen LogP contribution is 2.29. The van der Waals surface area contributed by atoms with E-state index in [1.54, 1.807) is 22.9 Å². The molecular weight excluding hydrogens is 280 g/mol. The van der Waals surface area contributed by atoms with Crippen molar-refractivity contribution in [3.8, 4) is 5.69 Å². The molecule has 22 heavy (non-hydrogen) atoms. The van der Waals surface area contributed by atoms with E-state index in [-0.39, 0.29) is 11.6 Å². The minimum absolute atomic E-state index is 0.173. The van der Waals surface area contributed by atoms with Crippen LogP contribution in [0.3, 0.4) is 0 Å².